The summed E-state index contributed by atoms with van der Waals surface area (Å²) in [7, 11) is 0. The Morgan fingerprint density at radius 1 is 1.47 bits per heavy atom. The van der Waals surface area contributed by atoms with Gasteiger partial charge in [0.05, 0.1) is 12.4 Å². The number of carbonyl (C=O) groups excluding carboxylic acids is 1. The summed E-state index contributed by atoms with van der Waals surface area (Å²) in [4.78, 5) is 15.5. The molecule has 1 amide bonds. The molecule has 0 bridgehead atoms. The molecule has 3 N–H and O–H groups in total. The molecule has 17 heavy (non-hydrogen) atoms. The van der Waals surface area contributed by atoms with Crippen LogP contribution < -0.4 is 11.1 Å². The second-order valence-electron chi connectivity index (χ2n) is 4.57. The zero-order valence-electron chi connectivity index (χ0n) is 10.6. The van der Waals surface area contributed by atoms with Gasteiger partial charge >= 0.3 is 0 Å². The van der Waals surface area contributed by atoms with Crippen LogP contribution in [0.4, 0.5) is 0 Å². The summed E-state index contributed by atoms with van der Waals surface area (Å²) < 4.78 is 2.03. The lowest BCUT2D eigenvalue weighted by molar-refractivity contribution is -0.123. The zero-order chi connectivity index (χ0) is 12.7. The lowest BCUT2D eigenvalue weighted by atomic mass is 10.1. The first-order valence-corrected chi connectivity index (χ1v) is 6.10. The molecule has 1 heterocycles. The third-order valence-corrected chi connectivity index (χ3v) is 2.72. The number of unbranched alkanes of at least 4 members (excludes halogenated alkanes) is 1. The number of nitrogens with zero attached hydrogens (tertiary/aromatic N) is 2. The highest BCUT2D eigenvalue weighted by molar-refractivity contribution is 5.81. The molecule has 0 spiro atoms. The summed E-state index contributed by atoms with van der Waals surface area (Å²) in [6.07, 6.45) is 7.48. The molecule has 1 aromatic heterocycles. The first kappa shape index (κ1) is 13.7. The van der Waals surface area contributed by atoms with Crippen LogP contribution in [0, 0.1) is 5.92 Å². The van der Waals surface area contributed by atoms with Gasteiger partial charge in [0.2, 0.25) is 5.91 Å². The predicted molar refractivity (Wildman–Crippen MR) is 67.3 cm³/mol. The van der Waals surface area contributed by atoms with Crippen molar-refractivity contribution in [1.29, 1.82) is 0 Å². The van der Waals surface area contributed by atoms with Gasteiger partial charge in [-0.05, 0) is 18.8 Å². The molecular weight excluding hydrogens is 216 g/mol. The zero-order valence-corrected chi connectivity index (χ0v) is 10.6. The number of amides is 1. The largest absolute Gasteiger partial charge is 0.355 e. The van der Waals surface area contributed by atoms with E-state index in [1.807, 2.05) is 24.6 Å². The van der Waals surface area contributed by atoms with E-state index in [0.29, 0.717) is 6.54 Å². The van der Waals surface area contributed by atoms with E-state index in [2.05, 4.69) is 10.3 Å². The maximum atomic E-state index is 11.5. The van der Waals surface area contributed by atoms with Crippen LogP contribution in [0.3, 0.4) is 0 Å². The fraction of sp³-hybridized carbons (Fsp3) is 0.667. The quantitative estimate of drug-likeness (QED) is 0.689. The van der Waals surface area contributed by atoms with Crippen molar-refractivity contribution in [3.63, 3.8) is 0 Å². The minimum absolute atomic E-state index is 0.0531. The first-order chi connectivity index (χ1) is 8.11. The van der Waals surface area contributed by atoms with Crippen LogP contribution in [0.15, 0.2) is 18.7 Å². The maximum Gasteiger partial charge on any atom is 0.237 e. The monoisotopic (exact) mass is 238 g/mol. The molecule has 0 aromatic carbocycles. The molecule has 5 nitrogen and oxygen atoms in total. The molecule has 0 fully saturated rings. The van der Waals surface area contributed by atoms with E-state index in [-0.39, 0.29) is 11.8 Å². The molecule has 0 aliphatic rings. The lowest BCUT2D eigenvalue weighted by Gasteiger charge is -2.15. The van der Waals surface area contributed by atoms with Crippen LogP contribution in [0.2, 0.25) is 0 Å². The highest BCUT2D eigenvalue weighted by atomic mass is 16.2. The van der Waals surface area contributed by atoms with Crippen molar-refractivity contribution in [2.24, 2.45) is 11.7 Å². The van der Waals surface area contributed by atoms with E-state index in [4.69, 9.17) is 5.73 Å². The van der Waals surface area contributed by atoms with E-state index in [1.165, 1.54) is 0 Å². The molecular formula is C12H22N4O. The van der Waals surface area contributed by atoms with E-state index in [0.717, 1.165) is 19.4 Å². The Bertz CT molecular complexity index is 321. The lowest BCUT2D eigenvalue weighted by Crippen LogP contribution is -2.44. The van der Waals surface area contributed by atoms with E-state index >= 15 is 0 Å². The van der Waals surface area contributed by atoms with Crippen LogP contribution in [0.1, 0.15) is 26.7 Å². The van der Waals surface area contributed by atoms with Crippen LogP contribution >= 0.6 is 0 Å². The van der Waals surface area contributed by atoms with Gasteiger partial charge in [0.15, 0.2) is 0 Å². The van der Waals surface area contributed by atoms with Gasteiger partial charge in [-0.25, -0.2) is 4.98 Å². The van der Waals surface area contributed by atoms with Crippen LogP contribution in [0.25, 0.3) is 0 Å². The van der Waals surface area contributed by atoms with Crippen molar-refractivity contribution in [3.05, 3.63) is 18.7 Å². The van der Waals surface area contributed by atoms with Gasteiger partial charge in [0, 0.05) is 25.5 Å². The smallest absolute Gasteiger partial charge is 0.237 e. The Morgan fingerprint density at radius 3 is 2.82 bits per heavy atom. The van der Waals surface area contributed by atoms with E-state index in [9.17, 15) is 4.79 Å². The molecule has 96 valence electrons. The maximum absolute atomic E-state index is 11.5. The van der Waals surface area contributed by atoms with Crippen LogP contribution in [-0.2, 0) is 11.3 Å². The van der Waals surface area contributed by atoms with Gasteiger partial charge in [0.1, 0.15) is 0 Å². The molecule has 0 saturated heterocycles. The molecule has 5 heteroatoms. The van der Waals surface area contributed by atoms with E-state index < -0.39 is 6.04 Å². The van der Waals surface area contributed by atoms with Gasteiger partial charge in [-0.2, -0.15) is 0 Å². The molecule has 0 aliphatic heterocycles. The number of hydrogen-bond acceptors (Lipinski definition) is 3. The molecule has 0 radical (unpaired) electrons. The number of nitrogens with two attached hydrogens (primary N) is 1. The van der Waals surface area contributed by atoms with Gasteiger partial charge in [-0.15, -0.1) is 0 Å². The fourth-order valence-corrected chi connectivity index (χ4v) is 1.47. The van der Waals surface area contributed by atoms with Crippen molar-refractivity contribution >= 4 is 5.91 Å². The van der Waals surface area contributed by atoms with Crippen molar-refractivity contribution < 1.29 is 4.79 Å². The third-order valence-electron chi connectivity index (χ3n) is 2.72. The minimum atomic E-state index is -0.399. The topological polar surface area (TPSA) is 72.9 Å². The summed E-state index contributed by atoms with van der Waals surface area (Å²) in [6.45, 7) is 5.52. The predicted octanol–water partition coefficient (Wildman–Crippen LogP) is 0.763. The number of rotatable bonds is 7. The SMILES string of the molecule is CC(C)[C@@H](N)C(=O)NCCCCn1ccnc1. The Kier molecular flexibility index (Phi) is 5.69. The number of carbonyl (C=O) groups is 1. The second-order valence-corrected chi connectivity index (χ2v) is 4.57. The highest BCUT2D eigenvalue weighted by Crippen LogP contribution is 1.98. The molecule has 1 aromatic rings. The van der Waals surface area contributed by atoms with Gasteiger partial charge < -0.3 is 15.6 Å². The van der Waals surface area contributed by atoms with Gasteiger partial charge in [-0.3, -0.25) is 4.79 Å². The second kappa shape index (κ2) is 7.06. The number of aromatic nitrogens is 2. The van der Waals surface area contributed by atoms with Gasteiger partial charge in [0.25, 0.3) is 0 Å². The Balaban J connectivity index is 2.06. The van der Waals surface area contributed by atoms with Crippen molar-refractivity contribution in [2.45, 2.75) is 39.3 Å². The summed E-state index contributed by atoms with van der Waals surface area (Å²) in [5.41, 5.74) is 5.73. The van der Waals surface area contributed by atoms with E-state index in [1.54, 1.807) is 12.5 Å². The molecule has 1 atom stereocenters. The van der Waals surface area contributed by atoms with Crippen LogP contribution in [-0.4, -0.2) is 28.0 Å². The minimum Gasteiger partial charge on any atom is -0.355 e. The normalized spacial score (nSPS) is 12.7. The Morgan fingerprint density at radius 2 is 2.24 bits per heavy atom. The average molecular weight is 238 g/mol. The summed E-state index contributed by atoms with van der Waals surface area (Å²) in [5.74, 6) is 0.128. The number of hydrogen-bond donors (Lipinski definition) is 2. The third kappa shape index (κ3) is 4.99. The average Bonchev–Trinajstić information content (AvgIpc) is 2.80. The number of aryl methyl sites for hydroxylation is 1. The van der Waals surface area contributed by atoms with Crippen LogP contribution in [0.5, 0.6) is 0 Å². The van der Waals surface area contributed by atoms with Crippen molar-refractivity contribution in [1.82, 2.24) is 14.9 Å². The standard InChI is InChI=1S/C12H22N4O/c1-10(2)11(13)12(17)15-5-3-4-7-16-8-6-14-9-16/h6,8-11H,3-5,7,13H2,1-2H3,(H,15,17)/t11-/m1/s1. The molecule has 0 unspecified atom stereocenters. The van der Waals surface area contributed by atoms with Gasteiger partial charge in [-0.1, -0.05) is 13.8 Å². The first-order valence-electron chi connectivity index (χ1n) is 6.10. The summed E-state index contributed by atoms with van der Waals surface area (Å²) in [6, 6.07) is -0.399. The Labute approximate surface area is 102 Å². The highest BCUT2D eigenvalue weighted by Gasteiger charge is 2.15. The molecule has 0 saturated carbocycles. The van der Waals surface area contributed by atoms with Crippen molar-refractivity contribution in [2.75, 3.05) is 6.54 Å². The van der Waals surface area contributed by atoms with Crippen molar-refractivity contribution in [3.8, 4) is 0 Å². The number of nitrogens with one attached hydrogen (secondary N) is 1. The molecule has 0 aliphatic carbocycles. The number of imidazole rings is 1. The summed E-state index contributed by atoms with van der Waals surface area (Å²) >= 11 is 0. The fourth-order valence-electron chi connectivity index (χ4n) is 1.47. The summed E-state index contributed by atoms with van der Waals surface area (Å²) in [5, 5.41) is 2.86. The molecule has 1 rings (SSSR count). The Hall–Kier alpha value is -1.36.